The summed E-state index contributed by atoms with van der Waals surface area (Å²) in [6.45, 7) is 0.214. The second kappa shape index (κ2) is 7.41. The van der Waals surface area contributed by atoms with Gasteiger partial charge in [0.15, 0.2) is 0 Å². The van der Waals surface area contributed by atoms with Gasteiger partial charge in [-0.3, -0.25) is 4.21 Å². The van der Waals surface area contributed by atoms with E-state index in [0.717, 1.165) is 29.9 Å². The maximum atomic E-state index is 11.9. The van der Waals surface area contributed by atoms with Crippen LogP contribution >= 0.6 is 0 Å². The number of rotatable bonds is 7. The Morgan fingerprint density at radius 1 is 1.31 bits per heavy atom. The highest BCUT2D eigenvalue weighted by Gasteiger charge is 2.04. The molecule has 0 aliphatic rings. The summed E-state index contributed by atoms with van der Waals surface area (Å²) in [4.78, 5) is 0.809. The van der Waals surface area contributed by atoms with Crippen molar-refractivity contribution in [2.45, 2.75) is 24.2 Å². The van der Waals surface area contributed by atoms with Crippen LogP contribution in [0.25, 0.3) is 0 Å². The third-order valence-corrected chi connectivity index (χ3v) is 3.73. The van der Waals surface area contributed by atoms with Gasteiger partial charge >= 0.3 is 0 Å². The van der Waals surface area contributed by atoms with Crippen molar-refractivity contribution >= 4 is 10.8 Å². The number of aliphatic hydroxyl groups is 1. The molecule has 0 aliphatic heterocycles. The van der Waals surface area contributed by atoms with Crippen molar-refractivity contribution in [3.8, 4) is 5.75 Å². The van der Waals surface area contributed by atoms with E-state index in [1.165, 1.54) is 0 Å². The fourth-order valence-corrected chi connectivity index (χ4v) is 2.56. The van der Waals surface area contributed by atoms with E-state index < -0.39 is 10.8 Å². The van der Waals surface area contributed by atoms with Gasteiger partial charge in [0, 0.05) is 17.3 Å². The average molecular weight is 242 g/mol. The van der Waals surface area contributed by atoms with Crippen molar-refractivity contribution in [2.75, 3.05) is 19.5 Å². The van der Waals surface area contributed by atoms with E-state index in [1.54, 1.807) is 7.11 Å². The molecule has 0 fully saturated rings. The topological polar surface area (TPSA) is 46.5 Å². The van der Waals surface area contributed by atoms with E-state index in [2.05, 4.69) is 0 Å². The van der Waals surface area contributed by atoms with Crippen LogP contribution in [0, 0.1) is 0 Å². The summed E-state index contributed by atoms with van der Waals surface area (Å²) in [6.07, 6.45) is 2.59. The molecule has 0 heterocycles. The van der Waals surface area contributed by atoms with Gasteiger partial charge in [-0.1, -0.05) is 12.5 Å². The van der Waals surface area contributed by atoms with Crippen molar-refractivity contribution in [1.82, 2.24) is 0 Å². The molecule has 1 atom stereocenters. The van der Waals surface area contributed by atoms with Gasteiger partial charge in [0.05, 0.1) is 17.9 Å². The zero-order valence-electron chi connectivity index (χ0n) is 9.52. The Kier molecular flexibility index (Phi) is 6.11. The van der Waals surface area contributed by atoms with Crippen LogP contribution in [0.3, 0.4) is 0 Å². The highest BCUT2D eigenvalue weighted by molar-refractivity contribution is 7.85. The SMILES string of the molecule is COc1cccc(S(=O)CCCCCO)c1. The Labute approximate surface area is 98.9 Å². The zero-order chi connectivity index (χ0) is 11.8. The smallest absolute Gasteiger partial charge is 0.120 e. The zero-order valence-corrected chi connectivity index (χ0v) is 10.3. The number of hydrogen-bond acceptors (Lipinski definition) is 3. The largest absolute Gasteiger partial charge is 0.497 e. The minimum atomic E-state index is -0.960. The summed E-state index contributed by atoms with van der Waals surface area (Å²) < 4.78 is 16.9. The molecule has 1 unspecified atom stereocenters. The summed E-state index contributed by atoms with van der Waals surface area (Å²) in [5.74, 6) is 1.38. The molecule has 1 N–H and O–H groups in total. The Morgan fingerprint density at radius 2 is 2.12 bits per heavy atom. The molecule has 1 rings (SSSR count). The molecule has 16 heavy (non-hydrogen) atoms. The third kappa shape index (κ3) is 4.33. The molecule has 90 valence electrons. The van der Waals surface area contributed by atoms with Gasteiger partial charge in [-0.05, 0) is 31.0 Å². The van der Waals surface area contributed by atoms with Crippen LogP contribution in [-0.2, 0) is 10.8 Å². The molecule has 0 radical (unpaired) electrons. The van der Waals surface area contributed by atoms with E-state index in [0.29, 0.717) is 5.75 Å². The lowest BCUT2D eigenvalue weighted by Gasteiger charge is -2.04. The molecular formula is C12H18O3S. The second-order valence-electron chi connectivity index (χ2n) is 3.51. The van der Waals surface area contributed by atoms with Gasteiger partial charge in [-0.25, -0.2) is 0 Å². The number of benzene rings is 1. The highest BCUT2D eigenvalue weighted by atomic mass is 32.2. The first kappa shape index (κ1) is 13.2. The van der Waals surface area contributed by atoms with Crippen LogP contribution in [0.1, 0.15) is 19.3 Å². The van der Waals surface area contributed by atoms with Crippen molar-refractivity contribution in [2.24, 2.45) is 0 Å². The highest BCUT2D eigenvalue weighted by Crippen LogP contribution is 2.16. The van der Waals surface area contributed by atoms with Crippen LogP contribution < -0.4 is 4.74 Å². The first-order valence-electron chi connectivity index (χ1n) is 5.41. The third-order valence-electron chi connectivity index (χ3n) is 2.29. The lowest BCUT2D eigenvalue weighted by atomic mass is 10.3. The predicted octanol–water partition coefficient (Wildman–Crippen LogP) is 1.97. The minimum Gasteiger partial charge on any atom is -0.497 e. The van der Waals surface area contributed by atoms with Crippen LogP contribution in [0.15, 0.2) is 29.2 Å². The second-order valence-corrected chi connectivity index (χ2v) is 5.08. The van der Waals surface area contributed by atoms with Crippen LogP contribution in [0.5, 0.6) is 5.75 Å². The molecule has 0 amide bonds. The fourth-order valence-electron chi connectivity index (χ4n) is 1.38. The quantitative estimate of drug-likeness (QED) is 0.744. The van der Waals surface area contributed by atoms with Crippen molar-refractivity contribution in [3.05, 3.63) is 24.3 Å². The number of unbranched alkanes of at least 4 members (excludes halogenated alkanes) is 2. The maximum Gasteiger partial charge on any atom is 0.120 e. The molecule has 4 heteroatoms. The number of aliphatic hydroxyl groups excluding tert-OH is 1. The Hall–Kier alpha value is -0.870. The van der Waals surface area contributed by atoms with Gasteiger partial charge in [-0.15, -0.1) is 0 Å². The average Bonchev–Trinajstić information content (AvgIpc) is 2.34. The lowest BCUT2D eigenvalue weighted by Crippen LogP contribution is -1.99. The van der Waals surface area contributed by atoms with Crippen molar-refractivity contribution < 1.29 is 14.1 Å². The number of hydrogen-bond donors (Lipinski definition) is 1. The van der Waals surface area contributed by atoms with Crippen LogP contribution in [0.2, 0.25) is 0 Å². The van der Waals surface area contributed by atoms with E-state index in [-0.39, 0.29) is 6.61 Å². The Balaban J connectivity index is 2.46. The molecule has 0 bridgehead atoms. The molecule has 0 saturated heterocycles. The normalized spacial score (nSPS) is 12.4. The van der Waals surface area contributed by atoms with E-state index in [9.17, 15) is 4.21 Å². The monoisotopic (exact) mass is 242 g/mol. The molecule has 3 nitrogen and oxygen atoms in total. The molecular weight excluding hydrogens is 224 g/mol. The first-order valence-corrected chi connectivity index (χ1v) is 6.73. The molecule has 1 aromatic carbocycles. The standard InChI is InChI=1S/C12H18O3S/c1-15-11-6-5-7-12(10-11)16(14)9-4-2-3-8-13/h5-7,10,13H,2-4,8-9H2,1H3. The maximum absolute atomic E-state index is 11.9. The summed E-state index contributed by atoms with van der Waals surface area (Å²) >= 11 is 0. The summed E-state index contributed by atoms with van der Waals surface area (Å²) in [7, 11) is 0.640. The van der Waals surface area contributed by atoms with Gasteiger partial charge in [0.1, 0.15) is 5.75 Å². The van der Waals surface area contributed by atoms with Gasteiger partial charge < -0.3 is 9.84 Å². The van der Waals surface area contributed by atoms with Crippen LogP contribution in [0.4, 0.5) is 0 Å². The molecule has 0 saturated carbocycles. The Bertz CT molecular complexity index is 339. The first-order chi connectivity index (χ1) is 7.77. The number of methoxy groups -OCH3 is 1. The lowest BCUT2D eigenvalue weighted by molar-refractivity contribution is 0.284. The molecule has 0 aliphatic carbocycles. The Morgan fingerprint density at radius 3 is 2.81 bits per heavy atom. The van der Waals surface area contributed by atoms with Crippen LogP contribution in [-0.4, -0.2) is 28.8 Å². The summed E-state index contributed by atoms with van der Waals surface area (Å²) in [5.41, 5.74) is 0. The van der Waals surface area contributed by atoms with Gasteiger partial charge in [-0.2, -0.15) is 0 Å². The summed E-state index contributed by atoms with van der Waals surface area (Å²) in [5, 5.41) is 8.62. The molecule has 0 spiro atoms. The van der Waals surface area contributed by atoms with E-state index in [1.807, 2.05) is 24.3 Å². The molecule has 0 aromatic heterocycles. The van der Waals surface area contributed by atoms with Crippen molar-refractivity contribution in [1.29, 1.82) is 0 Å². The van der Waals surface area contributed by atoms with E-state index in [4.69, 9.17) is 9.84 Å². The van der Waals surface area contributed by atoms with Gasteiger partial charge in [0.25, 0.3) is 0 Å². The number of ether oxygens (including phenoxy) is 1. The summed E-state index contributed by atoms with van der Waals surface area (Å²) in [6, 6.07) is 7.35. The van der Waals surface area contributed by atoms with E-state index >= 15 is 0 Å². The predicted molar refractivity (Wildman–Crippen MR) is 65.2 cm³/mol. The minimum absolute atomic E-state index is 0.214. The molecule has 1 aromatic rings. The van der Waals surface area contributed by atoms with Crippen molar-refractivity contribution in [3.63, 3.8) is 0 Å². The fraction of sp³-hybridized carbons (Fsp3) is 0.500. The van der Waals surface area contributed by atoms with Gasteiger partial charge in [0.2, 0.25) is 0 Å².